The van der Waals surface area contributed by atoms with E-state index < -0.39 is 0 Å². The van der Waals surface area contributed by atoms with E-state index in [1.807, 2.05) is 4.90 Å². The van der Waals surface area contributed by atoms with Crippen molar-refractivity contribution in [2.24, 2.45) is 11.8 Å². The van der Waals surface area contributed by atoms with E-state index in [1.165, 1.54) is 0 Å². The van der Waals surface area contributed by atoms with Crippen molar-refractivity contribution < 1.29 is 19.1 Å². The molecule has 1 aliphatic carbocycles. The Morgan fingerprint density at radius 1 is 0.962 bits per heavy atom. The fourth-order valence-corrected chi connectivity index (χ4v) is 3.53. The van der Waals surface area contributed by atoms with Gasteiger partial charge in [0.25, 0.3) is 0 Å². The van der Waals surface area contributed by atoms with Crippen LogP contribution in [0.25, 0.3) is 0 Å². The Bertz CT molecular complexity index is 527. The van der Waals surface area contributed by atoms with E-state index >= 15 is 0 Å². The lowest BCUT2D eigenvalue weighted by molar-refractivity contribution is -0.140. The lowest BCUT2D eigenvalue weighted by atomic mass is 10.2. The minimum absolute atomic E-state index is 0.0504. The molecule has 8 heteroatoms. The van der Waals surface area contributed by atoms with Crippen LogP contribution in [0.3, 0.4) is 0 Å². The molecule has 3 fully saturated rings. The summed E-state index contributed by atoms with van der Waals surface area (Å²) < 4.78 is 5.30. The van der Waals surface area contributed by atoms with Gasteiger partial charge in [-0.05, 0) is 12.3 Å². The smallest absolute Gasteiger partial charge is 0.236 e. The predicted octanol–water partition coefficient (Wildman–Crippen LogP) is -0.848. The molecule has 2 unspecified atom stereocenters. The average molecular weight is 366 g/mol. The van der Waals surface area contributed by atoms with Crippen LogP contribution >= 0.6 is 0 Å². The largest absolute Gasteiger partial charge is 0.379 e. The van der Waals surface area contributed by atoms with Crippen molar-refractivity contribution in [3.63, 3.8) is 0 Å². The van der Waals surface area contributed by atoms with Crippen LogP contribution < -0.4 is 5.32 Å². The molecule has 3 rings (SSSR count). The Balaban J connectivity index is 1.31. The molecule has 0 aromatic rings. The summed E-state index contributed by atoms with van der Waals surface area (Å²) in [5.74, 6) is 0.878. The molecule has 1 N–H and O–H groups in total. The Labute approximate surface area is 154 Å². The molecule has 1 saturated carbocycles. The molecule has 2 heterocycles. The van der Waals surface area contributed by atoms with Crippen LogP contribution in [0.5, 0.6) is 0 Å². The van der Waals surface area contributed by atoms with Gasteiger partial charge in [0.1, 0.15) is 0 Å². The van der Waals surface area contributed by atoms with Crippen molar-refractivity contribution in [1.82, 2.24) is 20.0 Å². The first-order valence-corrected chi connectivity index (χ1v) is 9.68. The number of carbonyl (C=O) groups is 3. The van der Waals surface area contributed by atoms with Crippen LogP contribution in [0.4, 0.5) is 0 Å². The molecule has 0 aromatic carbocycles. The summed E-state index contributed by atoms with van der Waals surface area (Å²) in [7, 11) is 0. The second-order valence-corrected chi connectivity index (χ2v) is 7.51. The Kier molecular flexibility index (Phi) is 6.48. The van der Waals surface area contributed by atoms with E-state index in [1.54, 1.807) is 4.90 Å². The third kappa shape index (κ3) is 5.17. The van der Waals surface area contributed by atoms with E-state index in [2.05, 4.69) is 17.1 Å². The normalized spacial score (nSPS) is 26.5. The van der Waals surface area contributed by atoms with E-state index in [4.69, 9.17) is 4.74 Å². The van der Waals surface area contributed by atoms with Gasteiger partial charge in [-0.2, -0.15) is 0 Å². The van der Waals surface area contributed by atoms with Crippen LogP contribution in [0, 0.1) is 11.8 Å². The number of nitrogens with zero attached hydrogens (tertiary/aromatic N) is 3. The minimum atomic E-state index is 0.0504. The molecular weight excluding hydrogens is 336 g/mol. The van der Waals surface area contributed by atoms with Crippen molar-refractivity contribution in [3.8, 4) is 0 Å². The Morgan fingerprint density at radius 2 is 1.54 bits per heavy atom. The summed E-state index contributed by atoms with van der Waals surface area (Å²) in [4.78, 5) is 42.2. The molecule has 146 valence electrons. The van der Waals surface area contributed by atoms with Gasteiger partial charge in [0.2, 0.25) is 17.7 Å². The maximum Gasteiger partial charge on any atom is 0.236 e. The van der Waals surface area contributed by atoms with Gasteiger partial charge in [-0.15, -0.1) is 0 Å². The van der Waals surface area contributed by atoms with E-state index in [0.29, 0.717) is 64.8 Å². The summed E-state index contributed by atoms with van der Waals surface area (Å²) >= 11 is 0. The van der Waals surface area contributed by atoms with Gasteiger partial charge in [-0.3, -0.25) is 19.3 Å². The number of ether oxygens (including phenoxy) is 1. The highest BCUT2D eigenvalue weighted by Crippen LogP contribution is 2.37. The third-order valence-electron chi connectivity index (χ3n) is 5.53. The fraction of sp³-hybridized carbons (Fsp3) is 0.833. The Morgan fingerprint density at radius 3 is 2.12 bits per heavy atom. The summed E-state index contributed by atoms with van der Waals surface area (Å²) in [6, 6.07) is 0. The molecule has 0 bridgehead atoms. The lowest BCUT2D eigenvalue weighted by Crippen LogP contribution is -2.53. The predicted molar refractivity (Wildman–Crippen MR) is 95.3 cm³/mol. The molecule has 26 heavy (non-hydrogen) atoms. The zero-order chi connectivity index (χ0) is 18.5. The van der Waals surface area contributed by atoms with E-state index in [-0.39, 0.29) is 23.6 Å². The van der Waals surface area contributed by atoms with Gasteiger partial charge in [0.15, 0.2) is 0 Å². The highest BCUT2D eigenvalue weighted by Gasteiger charge is 2.38. The third-order valence-corrected chi connectivity index (χ3v) is 5.53. The highest BCUT2D eigenvalue weighted by atomic mass is 16.5. The van der Waals surface area contributed by atoms with Gasteiger partial charge in [-0.1, -0.05) is 6.92 Å². The van der Waals surface area contributed by atoms with Crippen LogP contribution in [-0.4, -0.2) is 98.0 Å². The topological polar surface area (TPSA) is 82.2 Å². The van der Waals surface area contributed by atoms with Gasteiger partial charge < -0.3 is 19.9 Å². The number of hydrogen-bond donors (Lipinski definition) is 1. The fourth-order valence-electron chi connectivity index (χ4n) is 3.53. The maximum atomic E-state index is 12.4. The number of rotatable bonds is 6. The molecule has 2 atom stereocenters. The molecule has 3 amide bonds. The molecule has 3 aliphatic rings. The summed E-state index contributed by atoms with van der Waals surface area (Å²) in [5.41, 5.74) is 0. The van der Waals surface area contributed by atoms with Crippen molar-refractivity contribution >= 4 is 17.7 Å². The summed E-state index contributed by atoms with van der Waals surface area (Å²) in [6.07, 6.45) is 1.29. The SMILES string of the molecule is CC1CC1C(=O)NCCC(=O)N1CCN(C(=O)CN2CCOCC2)CC1. The van der Waals surface area contributed by atoms with Gasteiger partial charge in [0, 0.05) is 58.2 Å². The monoisotopic (exact) mass is 366 g/mol. The number of amides is 3. The molecule has 2 aliphatic heterocycles. The first-order chi connectivity index (χ1) is 12.5. The zero-order valence-corrected chi connectivity index (χ0v) is 15.6. The summed E-state index contributed by atoms with van der Waals surface area (Å²) in [6.45, 7) is 8.18. The second kappa shape index (κ2) is 8.81. The number of piperazine rings is 1. The number of morpholine rings is 1. The molecule has 0 aromatic heterocycles. The van der Waals surface area contributed by atoms with Crippen molar-refractivity contribution in [1.29, 1.82) is 0 Å². The Hall–Kier alpha value is -1.67. The molecule has 8 nitrogen and oxygen atoms in total. The van der Waals surface area contributed by atoms with Crippen LogP contribution in [0.1, 0.15) is 19.8 Å². The molecule has 0 spiro atoms. The zero-order valence-electron chi connectivity index (χ0n) is 15.6. The minimum Gasteiger partial charge on any atom is -0.379 e. The second-order valence-electron chi connectivity index (χ2n) is 7.51. The molecule has 0 radical (unpaired) electrons. The van der Waals surface area contributed by atoms with Gasteiger partial charge >= 0.3 is 0 Å². The standard InChI is InChI=1S/C18H30N4O4/c1-14-12-15(14)18(25)19-3-2-16(23)21-4-6-22(7-5-21)17(24)13-20-8-10-26-11-9-20/h14-15H,2-13H2,1H3,(H,19,25). The first-order valence-electron chi connectivity index (χ1n) is 9.68. The van der Waals surface area contributed by atoms with Gasteiger partial charge in [-0.25, -0.2) is 0 Å². The number of nitrogens with one attached hydrogen (secondary N) is 1. The molecule has 2 saturated heterocycles. The first kappa shape index (κ1) is 19.1. The van der Waals surface area contributed by atoms with Crippen LogP contribution in [-0.2, 0) is 19.1 Å². The molecular formula is C18H30N4O4. The number of carbonyl (C=O) groups excluding carboxylic acids is 3. The van der Waals surface area contributed by atoms with Gasteiger partial charge in [0.05, 0.1) is 19.8 Å². The number of hydrogen-bond acceptors (Lipinski definition) is 5. The van der Waals surface area contributed by atoms with Crippen molar-refractivity contribution in [3.05, 3.63) is 0 Å². The van der Waals surface area contributed by atoms with Crippen LogP contribution in [0.2, 0.25) is 0 Å². The van der Waals surface area contributed by atoms with E-state index in [0.717, 1.165) is 19.5 Å². The van der Waals surface area contributed by atoms with Crippen molar-refractivity contribution in [2.45, 2.75) is 19.8 Å². The lowest BCUT2D eigenvalue weighted by Gasteiger charge is -2.36. The maximum absolute atomic E-state index is 12.4. The van der Waals surface area contributed by atoms with E-state index in [9.17, 15) is 14.4 Å². The quantitative estimate of drug-likeness (QED) is 0.662. The highest BCUT2D eigenvalue weighted by molar-refractivity contribution is 5.83. The summed E-state index contributed by atoms with van der Waals surface area (Å²) in [5, 5.41) is 2.85. The van der Waals surface area contributed by atoms with Crippen molar-refractivity contribution in [2.75, 3.05) is 65.6 Å². The van der Waals surface area contributed by atoms with Crippen LogP contribution in [0.15, 0.2) is 0 Å². The average Bonchev–Trinajstić information content (AvgIpc) is 3.39.